The van der Waals surface area contributed by atoms with Crippen molar-refractivity contribution in [2.45, 2.75) is 13.0 Å². The summed E-state index contributed by atoms with van der Waals surface area (Å²) >= 11 is 6.82. The molecule has 0 saturated heterocycles. The minimum Gasteiger partial charge on any atom is -0.382 e. The molecular formula is C11H14BrN3OS2. The van der Waals surface area contributed by atoms with Gasteiger partial charge in [-0.15, -0.1) is 11.3 Å². The Bertz CT molecular complexity index is 473. The quantitative estimate of drug-likeness (QED) is 0.910. The van der Waals surface area contributed by atoms with Crippen LogP contribution in [-0.4, -0.2) is 36.4 Å². The van der Waals surface area contributed by atoms with Crippen molar-refractivity contribution in [1.82, 2.24) is 5.43 Å². The van der Waals surface area contributed by atoms with Crippen LogP contribution in [0.2, 0.25) is 0 Å². The van der Waals surface area contributed by atoms with E-state index in [1.165, 1.54) is 4.88 Å². The minimum absolute atomic E-state index is 0.151. The lowest BCUT2D eigenvalue weighted by Crippen LogP contribution is -2.26. The molecular weight excluding hydrogens is 334 g/mol. The van der Waals surface area contributed by atoms with E-state index in [2.05, 4.69) is 37.5 Å². The van der Waals surface area contributed by atoms with E-state index >= 15 is 0 Å². The zero-order valence-corrected chi connectivity index (χ0v) is 13.4. The van der Waals surface area contributed by atoms with E-state index in [1.54, 1.807) is 30.2 Å². The second kappa shape index (κ2) is 6.70. The van der Waals surface area contributed by atoms with Crippen LogP contribution in [0.4, 0.5) is 0 Å². The van der Waals surface area contributed by atoms with E-state index in [1.807, 2.05) is 13.0 Å². The van der Waals surface area contributed by atoms with Crippen LogP contribution in [0.5, 0.6) is 0 Å². The van der Waals surface area contributed by atoms with Gasteiger partial charge in [0.2, 0.25) is 0 Å². The molecule has 0 aliphatic carbocycles. The predicted octanol–water partition coefficient (Wildman–Crippen LogP) is 2.94. The fourth-order valence-corrected chi connectivity index (χ4v) is 3.78. The summed E-state index contributed by atoms with van der Waals surface area (Å²) in [6.07, 6.45) is 0. The van der Waals surface area contributed by atoms with Crippen LogP contribution in [0.25, 0.3) is 0 Å². The molecule has 1 aromatic rings. The molecule has 1 aliphatic heterocycles. The van der Waals surface area contributed by atoms with E-state index < -0.39 is 0 Å². The van der Waals surface area contributed by atoms with Gasteiger partial charge in [-0.1, -0.05) is 11.8 Å². The lowest BCUT2D eigenvalue weighted by molar-refractivity contribution is 0.186. The Morgan fingerprint density at radius 2 is 2.44 bits per heavy atom. The number of thiophene rings is 1. The first-order chi connectivity index (χ1) is 8.69. The first kappa shape index (κ1) is 14.0. The Balaban J connectivity index is 1.99. The molecule has 7 heteroatoms. The van der Waals surface area contributed by atoms with Gasteiger partial charge in [0.05, 0.1) is 27.0 Å². The standard InChI is InChI=1S/C11H14BrN3OS2/c1-7(5-16-2)13-11-15-14-8(6-17-11)9-3-4-10(12)18-9/h3-4,7H,5-6H2,1-2H3,(H,13,15)/t7-/m0/s1. The summed E-state index contributed by atoms with van der Waals surface area (Å²) in [6, 6.07) is 4.26. The topological polar surface area (TPSA) is 46.0 Å². The molecule has 2 heterocycles. The highest BCUT2D eigenvalue weighted by atomic mass is 79.9. The summed E-state index contributed by atoms with van der Waals surface area (Å²) < 4.78 is 6.18. The van der Waals surface area contributed by atoms with Crippen molar-refractivity contribution in [3.05, 3.63) is 20.8 Å². The molecule has 1 aliphatic rings. The van der Waals surface area contributed by atoms with Gasteiger partial charge in [-0.05, 0) is 35.0 Å². The number of hydrazone groups is 1. The maximum atomic E-state index is 5.05. The SMILES string of the molecule is COC[C@H](C)N=C1NN=C(c2ccc(Br)s2)CS1. The van der Waals surface area contributed by atoms with Crippen LogP contribution in [0, 0.1) is 0 Å². The van der Waals surface area contributed by atoms with E-state index in [-0.39, 0.29) is 6.04 Å². The third kappa shape index (κ3) is 3.81. The van der Waals surface area contributed by atoms with E-state index in [9.17, 15) is 0 Å². The molecule has 4 nitrogen and oxygen atoms in total. The fraction of sp³-hybridized carbons (Fsp3) is 0.455. The number of methoxy groups -OCH3 is 1. The number of rotatable bonds is 4. The number of hydrogen-bond donors (Lipinski definition) is 1. The molecule has 2 rings (SSSR count). The number of halogens is 1. The Hall–Kier alpha value is -0.370. The molecule has 1 N–H and O–H groups in total. The van der Waals surface area contributed by atoms with E-state index in [0.717, 1.165) is 20.4 Å². The summed E-state index contributed by atoms with van der Waals surface area (Å²) in [5.41, 5.74) is 4.07. The van der Waals surface area contributed by atoms with Crippen LogP contribution < -0.4 is 5.43 Å². The number of aliphatic imine (C=N–C) groups is 1. The van der Waals surface area contributed by atoms with Crippen molar-refractivity contribution in [2.24, 2.45) is 10.1 Å². The van der Waals surface area contributed by atoms with Gasteiger partial charge in [0.25, 0.3) is 0 Å². The Morgan fingerprint density at radius 3 is 3.00 bits per heavy atom. The molecule has 0 amide bonds. The molecule has 18 heavy (non-hydrogen) atoms. The molecule has 0 saturated carbocycles. The third-order valence-electron chi connectivity index (χ3n) is 2.24. The van der Waals surface area contributed by atoms with Crippen LogP contribution in [0.3, 0.4) is 0 Å². The van der Waals surface area contributed by atoms with E-state index in [0.29, 0.717) is 6.61 Å². The molecule has 0 unspecified atom stereocenters. The fourth-order valence-electron chi connectivity index (χ4n) is 1.46. The first-order valence-electron chi connectivity index (χ1n) is 5.47. The highest BCUT2D eigenvalue weighted by Crippen LogP contribution is 2.25. The largest absolute Gasteiger partial charge is 0.382 e. The third-order valence-corrected chi connectivity index (χ3v) is 4.80. The number of ether oxygens (including phenoxy) is 1. The molecule has 1 aromatic heterocycles. The predicted molar refractivity (Wildman–Crippen MR) is 82.9 cm³/mol. The summed E-state index contributed by atoms with van der Waals surface area (Å²) in [4.78, 5) is 5.68. The van der Waals surface area contributed by atoms with Gasteiger partial charge in [-0.25, -0.2) is 0 Å². The maximum absolute atomic E-state index is 5.05. The van der Waals surface area contributed by atoms with Crippen LogP contribution in [-0.2, 0) is 4.74 Å². The lowest BCUT2D eigenvalue weighted by atomic mass is 10.3. The zero-order chi connectivity index (χ0) is 13.0. The normalized spacial score (nSPS) is 19.5. The number of thioether (sulfide) groups is 1. The first-order valence-corrected chi connectivity index (χ1v) is 8.06. The van der Waals surface area contributed by atoms with E-state index in [4.69, 9.17) is 4.74 Å². The molecule has 1 atom stereocenters. The second-order valence-electron chi connectivity index (χ2n) is 3.80. The van der Waals surface area contributed by atoms with Crippen molar-refractivity contribution in [3.8, 4) is 0 Å². The second-order valence-corrected chi connectivity index (χ2v) is 7.23. The van der Waals surface area contributed by atoms with Crippen molar-refractivity contribution in [1.29, 1.82) is 0 Å². The molecule has 0 aromatic carbocycles. The zero-order valence-electron chi connectivity index (χ0n) is 10.1. The summed E-state index contributed by atoms with van der Waals surface area (Å²) in [7, 11) is 1.68. The molecule has 0 radical (unpaired) electrons. The highest BCUT2D eigenvalue weighted by molar-refractivity contribution is 9.11. The Morgan fingerprint density at radius 1 is 1.61 bits per heavy atom. The van der Waals surface area contributed by atoms with Gasteiger partial charge >= 0.3 is 0 Å². The van der Waals surface area contributed by atoms with Crippen molar-refractivity contribution >= 4 is 49.9 Å². The lowest BCUT2D eigenvalue weighted by Gasteiger charge is -2.15. The Labute approximate surface area is 123 Å². The van der Waals surface area contributed by atoms with Gasteiger partial charge < -0.3 is 4.74 Å². The highest BCUT2D eigenvalue weighted by Gasteiger charge is 2.15. The van der Waals surface area contributed by atoms with Crippen LogP contribution >= 0.6 is 39.0 Å². The van der Waals surface area contributed by atoms with Gasteiger partial charge in [-0.3, -0.25) is 10.4 Å². The van der Waals surface area contributed by atoms with Crippen LogP contribution in [0.1, 0.15) is 11.8 Å². The average Bonchev–Trinajstić information content (AvgIpc) is 2.77. The average molecular weight is 348 g/mol. The molecule has 0 bridgehead atoms. The number of hydrogen-bond acceptors (Lipinski definition) is 5. The van der Waals surface area contributed by atoms with Crippen LogP contribution in [0.15, 0.2) is 26.0 Å². The summed E-state index contributed by atoms with van der Waals surface area (Å²) in [5.74, 6) is 0.846. The smallest absolute Gasteiger partial charge is 0.177 e. The van der Waals surface area contributed by atoms with Gasteiger partial charge in [-0.2, -0.15) is 5.10 Å². The number of nitrogens with zero attached hydrogens (tertiary/aromatic N) is 2. The Kier molecular flexibility index (Phi) is 5.23. The molecule has 98 valence electrons. The van der Waals surface area contributed by atoms with Gasteiger partial charge in [0, 0.05) is 12.9 Å². The van der Waals surface area contributed by atoms with Gasteiger partial charge in [0.15, 0.2) is 5.17 Å². The molecule has 0 fully saturated rings. The maximum Gasteiger partial charge on any atom is 0.177 e. The summed E-state index contributed by atoms with van der Waals surface area (Å²) in [5, 5.41) is 5.23. The summed E-state index contributed by atoms with van der Waals surface area (Å²) in [6.45, 7) is 2.65. The van der Waals surface area contributed by atoms with Crippen molar-refractivity contribution < 1.29 is 4.74 Å². The minimum atomic E-state index is 0.151. The van der Waals surface area contributed by atoms with Gasteiger partial charge in [0.1, 0.15) is 0 Å². The number of amidine groups is 1. The van der Waals surface area contributed by atoms with Crippen molar-refractivity contribution in [3.63, 3.8) is 0 Å². The number of nitrogens with one attached hydrogen (secondary N) is 1. The monoisotopic (exact) mass is 347 g/mol. The molecule has 0 spiro atoms. The van der Waals surface area contributed by atoms with Crippen molar-refractivity contribution in [2.75, 3.05) is 19.5 Å².